The molecular weight excluding hydrogens is 312 g/mol. The summed E-state index contributed by atoms with van der Waals surface area (Å²) in [5.41, 5.74) is 9.81. The van der Waals surface area contributed by atoms with Gasteiger partial charge in [-0.3, -0.25) is 19.2 Å². The van der Waals surface area contributed by atoms with Crippen LogP contribution in [0, 0.1) is 0 Å². The van der Waals surface area contributed by atoms with Crippen molar-refractivity contribution >= 4 is 36.3 Å². The first-order chi connectivity index (χ1) is 8.84. The summed E-state index contributed by atoms with van der Waals surface area (Å²) in [6.07, 6.45) is 0. The highest BCUT2D eigenvalue weighted by Crippen LogP contribution is 1.43. The summed E-state index contributed by atoms with van der Waals surface area (Å²) in [5.74, 6) is -3.33. The summed E-state index contributed by atoms with van der Waals surface area (Å²) >= 11 is 0. The van der Waals surface area contributed by atoms with Gasteiger partial charge in [0.15, 0.2) is 0 Å². The van der Waals surface area contributed by atoms with Crippen molar-refractivity contribution in [2.75, 3.05) is 13.1 Å². The van der Waals surface area contributed by atoms with Crippen LogP contribution >= 0.6 is 12.4 Å². The molecular formula is C10H25ClN2O8. The van der Waals surface area contributed by atoms with E-state index in [4.69, 9.17) is 51.1 Å². The van der Waals surface area contributed by atoms with Gasteiger partial charge in [-0.05, 0) is 0 Å². The van der Waals surface area contributed by atoms with Crippen molar-refractivity contribution in [2.24, 2.45) is 11.5 Å². The number of halogens is 1. The number of carboxylic acid groups (broad SMARTS) is 4. The molecule has 8 N–H and O–H groups in total. The minimum Gasteiger partial charge on any atom is -0.481 e. The van der Waals surface area contributed by atoms with Crippen molar-refractivity contribution < 1.29 is 39.6 Å². The van der Waals surface area contributed by atoms with Gasteiger partial charge in [-0.15, -0.1) is 12.4 Å². The number of nitrogens with two attached hydrogens (primary N) is 2. The largest absolute Gasteiger partial charge is 0.481 e. The molecule has 0 aromatic rings. The van der Waals surface area contributed by atoms with Gasteiger partial charge in [-0.1, -0.05) is 0 Å². The van der Waals surface area contributed by atoms with Gasteiger partial charge in [0, 0.05) is 40.8 Å². The smallest absolute Gasteiger partial charge is 0.300 e. The predicted molar refractivity (Wildman–Crippen MR) is 78.6 cm³/mol. The second kappa shape index (κ2) is 36.1. The van der Waals surface area contributed by atoms with Crippen LogP contribution in [0.5, 0.6) is 0 Å². The van der Waals surface area contributed by atoms with Gasteiger partial charge in [0.2, 0.25) is 0 Å². The number of carboxylic acids is 4. The summed E-state index contributed by atoms with van der Waals surface area (Å²) in [6, 6.07) is 0. The van der Waals surface area contributed by atoms with E-state index in [-0.39, 0.29) is 12.4 Å². The minimum atomic E-state index is -0.833. The van der Waals surface area contributed by atoms with E-state index in [9.17, 15) is 0 Å². The van der Waals surface area contributed by atoms with Crippen LogP contribution in [0.4, 0.5) is 0 Å². The Morgan fingerprint density at radius 2 is 0.667 bits per heavy atom. The Hall–Kier alpha value is -1.91. The van der Waals surface area contributed by atoms with Crippen LogP contribution < -0.4 is 11.5 Å². The maximum Gasteiger partial charge on any atom is 0.300 e. The highest BCUT2D eigenvalue weighted by molar-refractivity contribution is 5.85. The molecule has 0 aromatic heterocycles. The van der Waals surface area contributed by atoms with E-state index in [1.807, 2.05) is 0 Å². The molecule has 21 heavy (non-hydrogen) atoms. The Labute approximate surface area is 129 Å². The minimum absolute atomic E-state index is 0. The molecule has 0 radical (unpaired) electrons. The van der Waals surface area contributed by atoms with Crippen molar-refractivity contribution in [3.05, 3.63) is 0 Å². The average molecular weight is 337 g/mol. The topological polar surface area (TPSA) is 201 Å². The second-order valence-electron chi connectivity index (χ2n) is 2.65. The van der Waals surface area contributed by atoms with E-state index in [1.165, 1.54) is 0 Å². The monoisotopic (exact) mass is 336 g/mol. The van der Waals surface area contributed by atoms with Crippen LogP contribution in [0.3, 0.4) is 0 Å². The fourth-order valence-corrected chi connectivity index (χ4v) is 0. The Morgan fingerprint density at radius 1 is 0.619 bits per heavy atom. The highest BCUT2D eigenvalue weighted by atomic mass is 35.5. The Balaban J connectivity index is -0.0000000331. The fraction of sp³-hybridized carbons (Fsp3) is 0.600. The second-order valence-corrected chi connectivity index (χ2v) is 2.65. The molecule has 0 amide bonds. The summed E-state index contributed by atoms with van der Waals surface area (Å²) in [4.78, 5) is 36.0. The Morgan fingerprint density at radius 3 is 0.667 bits per heavy atom. The number of hydrogen-bond acceptors (Lipinski definition) is 6. The lowest BCUT2D eigenvalue weighted by Crippen LogP contribution is -2.11. The molecule has 0 aliphatic heterocycles. The molecule has 0 saturated heterocycles. The first-order valence-electron chi connectivity index (χ1n) is 5.03. The number of aliphatic carboxylic acids is 4. The molecule has 0 saturated carbocycles. The van der Waals surface area contributed by atoms with Crippen molar-refractivity contribution in [2.45, 2.75) is 27.7 Å². The van der Waals surface area contributed by atoms with Crippen LogP contribution in [0.1, 0.15) is 27.7 Å². The zero-order chi connectivity index (χ0) is 17.7. The summed E-state index contributed by atoms with van der Waals surface area (Å²) in [5, 5.41) is 29.7. The Bertz CT molecular complexity index is 195. The van der Waals surface area contributed by atoms with Crippen LogP contribution in [-0.4, -0.2) is 57.4 Å². The molecule has 10 nitrogen and oxygen atoms in total. The van der Waals surface area contributed by atoms with Gasteiger partial charge in [0.1, 0.15) is 0 Å². The average Bonchev–Trinajstić information content (AvgIpc) is 2.13. The summed E-state index contributed by atoms with van der Waals surface area (Å²) < 4.78 is 0. The zero-order valence-corrected chi connectivity index (χ0v) is 13.2. The fourth-order valence-electron chi connectivity index (χ4n) is 0. The van der Waals surface area contributed by atoms with Gasteiger partial charge in [0.25, 0.3) is 23.9 Å². The van der Waals surface area contributed by atoms with E-state index in [0.29, 0.717) is 13.1 Å². The molecule has 0 atom stereocenters. The van der Waals surface area contributed by atoms with Crippen LogP contribution in [0.15, 0.2) is 0 Å². The molecule has 0 heterocycles. The highest BCUT2D eigenvalue weighted by Gasteiger charge is 1.66. The van der Waals surface area contributed by atoms with E-state index >= 15 is 0 Å². The lowest BCUT2D eigenvalue weighted by atomic mass is 10.7. The maximum absolute atomic E-state index is 9.00. The first kappa shape index (κ1) is 36.5. The standard InChI is InChI=1S/C2H8N2.4C2H4O2.ClH/c3-1-2-4;4*1-2(3)4;/h1-4H2;4*1H3,(H,3,4);1H. The normalized spacial score (nSPS) is 6.19. The van der Waals surface area contributed by atoms with Crippen molar-refractivity contribution in [3.8, 4) is 0 Å². The Kier molecular flexibility index (Phi) is 62.8. The molecule has 0 aliphatic rings. The molecule has 130 valence electrons. The lowest BCUT2D eigenvalue weighted by Gasteiger charge is -1.72. The molecule has 0 bridgehead atoms. The third-order valence-electron chi connectivity index (χ3n) is 0.167. The van der Waals surface area contributed by atoms with Gasteiger partial charge < -0.3 is 31.9 Å². The third kappa shape index (κ3) is 5660. The van der Waals surface area contributed by atoms with Crippen LogP contribution in [-0.2, 0) is 19.2 Å². The van der Waals surface area contributed by atoms with Gasteiger partial charge in [0.05, 0.1) is 0 Å². The molecule has 0 unspecified atom stereocenters. The van der Waals surface area contributed by atoms with Crippen molar-refractivity contribution in [1.82, 2.24) is 0 Å². The third-order valence-corrected chi connectivity index (χ3v) is 0.167. The molecule has 0 aromatic carbocycles. The van der Waals surface area contributed by atoms with Crippen LogP contribution in [0.2, 0.25) is 0 Å². The molecule has 0 rings (SSSR count). The van der Waals surface area contributed by atoms with Crippen molar-refractivity contribution in [1.29, 1.82) is 0 Å². The first-order valence-corrected chi connectivity index (χ1v) is 5.03. The quantitative estimate of drug-likeness (QED) is 0.368. The SMILES string of the molecule is CC(=O)O.CC(=O)O.CC(=O)O.CC(=O)O.Cl.NCCN. The summed E-state index contributed by atoms with van der Waals surface area (Å²) in [6.45, 7) is 5.53. The molecule has 11 heteroatoms. The number of carbonyl (C=O) groups is 4. The van der Waals surface area contributed by atoms with Gasteiger partial charge >= 0.3 is 0 Å². The summed E-state index contributed by atoms with van der Waals surface area (Å²) in [7, 11) is 0. The number of hydrogen-bond donors (Lipinski definition) is 6. The van der Waals surface area contributed by atoms with Gasteiger partial charge in [-0.2, -0.15) is 0 Å². The molecule has 0 fully saturated rings. The van der Waals surface area contributed by atoms with E-state index in [1.54, 1.807) is 0 Å². The zero-order valence-electron chi connectivity index (χ0n) is 12.4. The van der Waals surface area contributed by atoms with E-state index in [0.717, 1.165) is 27.7 Å². The molecule has 0 aliphatic carbocycles. The number of rotatable bonds is 1. The van der Waals surface area contributed by atoms with E-state index < -0.39 is 23.9 Å². The van der Waals surface area contributed by atoms with Crippen LogP contribution in [0.25, 0.3) is 0 Å². The van der Waals surface area contributed by atoms with Crippen molar-refractivity contribution in [3.63, 3.8) is 0 Å². The maximum atomic E-state index is 9.00. The van der Waals surface area contributed by atoms with E-state index in [2.05, 4.69) is 0 Å². The predicted octanol–water partition coefficient (Wildman–Crippen LogP) is -0.311. The van der Waals surface area contributed by atoms with Gasteiger partial charge in [-0.25, -0.2) is 0 Å². The molecule has 0 spiro atoms. The lowest BCUT2D eigenvalue weighted by molar-refractivity contribution is -0.135.